The topological polar surface area (TPSA) is 70.8 Å². The molecule has 0 aromatic rings. The molecule has 0 bridgehead atoms. The number of carbonyl (C=O) groups excluding carboxylic acids is 1. The van der Waals surface area contributed by atoms with E-state index in [1.54, 1.807) is 6.92 Å². The second-order valence-corrected chi connectivity index (χ2v) is 3.55. The van der Waals surface area contributed by atoms with Gasteiger partial charge in [0.15, 0.2) is 5.79 Å². The summed E-state index contributed by atoms with van der Waals surface area (Å²) >= 11 is 0. The van der Waals surface area contributed by atoms with Crippen molar-refractivity contribution in [2.75, 3.05) is 20.8 Å². The van der Waals surface area contributed by atoms with Gasteiger partial charge in [-0.1, -0.05) is 0 Å². The third kappa shape index (κ3) is 1.75. The first-order chi connectivity index (χ1) is 6.52. The average Bonchev–Trinajstić information content (AvgIpc) is 2.13. The van der Waals surface area contributed by atoms with Gasteiger partial charge in [-0.25, -0.2) is 0 Å². The largest absolute Gasteiger partial charge is 0.465 e. The number of esters is 1. The van der Waals surface area contributed by atoms with Crippen LogP contribution in [-0.2, 0) is 19.0 Å². The zero-order valence-corrected chi connectivity index (χ0v) is 8.83. The predicted octanol–water partition coefficient (Wildman–Crippen LogP) is 0.0299. The zero-order chi connectivity index (χ0) is 10.8. The monoisotopic (exact) mass is 203 g/mol. The van der Waals surface area contributed by atoms with Gasteiger partial charge in [0.25, 0.3) is 0 Å². The quantitative estimate of drug-likeness (QED) is 0.515. The minimum atomic E-state index is -0.942. The van der Waals surface area contributed by atoms with E-state index in [0.29, 0.717) is 19.4 Å². The van der Waals surface area contributed by atoms with Crippen molar-refractivity contribution in [1.29, 1.82) is 0 Å². The second-order valence-electron chi connectivity index (χ2n) is 3.55. The molecular weight excluding hydrogens is 186 g/mol. The van der Waals surface area contributed by atoms with E-state index in [0.717, 1.165) is 0 Å². The summed E-state index contributed by atoms with van der Waals surface area (Å²) in [6.45, 7) is 2.09. The molecule has 0 atom stereocenters. The summed E-state index contributed by atoms with van der Waals surface area (Å²) in [6, 6.07) is 0. The predicted molar refractivity (Wildman–Crippen MR) is 49.5 cm³/mol. The van der Waals surface area contributed by atoms with Crippen LogP contribution in [0.3, 0.4) is 0 Å². The van der Waals surface area contributed by atoms with Crippen molar-refractivity contribution >= 4 is 5.97 Å². The van der Waals surface area contributed by atoms with Crippen LogP contribution >= 0.6 is 0 Å². The van der Waals surface area contributed by atoms with Gasteiger partial charge in [-0.2, -0.15) is 0 Å². The molecule has 0 amide bonds. The molecule has 0 aromatic carbocycles. The van der Waals surface area contributed by atoms with Gasteiger partial charge in [0.1, 0.15) is 5.54 Å². The first kappa shape index (κ1) is 11.4. The highest BCUT2D eigenvalue weighted by atomic mass is 16.7. The van der Waals surface area contributed by atoms with E-state index in [1.807, 2.05) is 0 Å². The molecule has 5 nitrogen and oxygen atoms in total. The van der Waals surface area contributed by atoms with Crippen LogP contribution in [0.1, 0.15) is 19.8 Å². The maximum atomic E-state index is 11.4. The number of carbonyl (C=O) groups is 1. The molecule has 0 radical (unpaired) electrons. The van der Waals surface area contributed by atoms with Crippen molar-refractivity contribution in [1.82, 2.24) is 0 Å². The van der Waals surface area contributed by atoms with Crippen molar-refractivity contribution in [2.45, 2.75) is 31.1 Å². The molecule has 1 aliphatic rings. The van der Waals surface area contributed by atoms with Crippen LogP contribution in [0.25, 0.3) is 0 Å². The van der Waals surface area contributed by atoms with Gasteiger partial charge in [0.05, 0.1) is 6.61 Å². The Morgan fingerprint density at radius 1 is 1.36 bits per heavy atom. The molecule has 0 unspecified atom stereocenters. The lowest BCUT2D eigenvalue weighted by molar-refractivity contribution is -0.275. The standard InChI is InChI=1S/C9H17NO4/c1-4-14-7(11)8(10)5-9(6-8,12-2)13-3/h4-6,10H2,1-3H3. The van der Waals surface area contributed by atoms with Gasteiger partial charge < -0.3 is 19.9 Å². The molecule has 2 N–H and O–H groups in total. The number of hydrogen-bond acceptors (Lipinski definition) is 5. The molecule has 1 fully saturated rings. The maximum absolute atomic E-state index is 11.4. The Morgan fingerprint density at radius 2 is 1.86 bits per heavy atom. The van der Waals surface area contributed by atoms with E-state index in [4.69, 9.17) is 19.9 Å². The smallest absolute Gasteiger partial charge is 0.326 e. The van der Waals surface area contributed by atoms with Crippen LogP contribution in [0.5, 0.6) is 0 Å². The Labute approximate surface area is 83.5 Å². The van der Waals surface area contributed by atoms with Gasteiger partial charge in [-0.15, -0.1) is 0 Å². The normalized spacial score (nSPS) is 22.6. The first-order valence-electron chi connectivity index (χ1n) is 4.58. The van der Waals surface area contributed by atoms with Crippen LogP contribution in [0.15, 0.2) is 0 Å². The minimum Gasteiger partial charge on any atom is -0.465 e. The van der Waals surface area contributed by atoms with Crippen molar-refractivity contribution in [3.63, 3.8) is 0 Å². The summed E-state index contributed by atoms with van der Waals surface area (Å²) in [6.07, 6.45) is 0.678. The fraction of sp³-hybridized carbons (Fsp3) is 0.889. The van der Waals surface area contributed by atoms with Crippen LogP contribution in [-0.4, -0.2) is 38.1 Å². The van der Waals surface area contributed by atoms with Crippen LogP contribution in [0.4, 0.5) is 0 Å². The summed E-state index contributed by atoms with van der Waals surface area (Å²) in [5, 5.41) is 0. The fourth-order valence-corrected chi connectivity index (χ4v) is 1.70. The molecule has 1 aliphatic carbocycles. The molecular formula is C9H17NO4. The number of ether oxygens (including phenoxy) is 3. The number of rotatable bonds is 4. The molecule has 0 heterocycles. The van der Waals surface area contributed by atoms with E-state index in [-0.39, 0.29) is 5.97 Å². The van der Waals surface area contributed by atoms with E-state index in [9.17, 15) is 4.79 Å². The summed E-state index contributed by atoms with van der Waals surface area (Å²) in [7, 11) is 3.07. The summed E-state index contributed by atoms with van der Waals surface area (Å²) in [5.41, 5.74) is 4.88. The second kappa shape index (κ2) is 3.84. The summed E-state index contributed by atoms with van der Waals surface area (Å²) < 4.78 is 15.1. The highest BCUT2D eigenvalue weighted by Crippen LogP contribution is 2.43. The molecule has 82 valence electrons. The molecule has 1 saturated carbocycles. The third-order valence-electron chi connectivity index (χ3n) is 2.60. The van der Waals surface area contributed by atoms with Crippen molar-refractivity contribution in [2.24, 2.45) is 5.73 Å². The van der Waals surface area contributed by atoms with E-state index >= 15 is 0 Å². The number of hydrogen-bond donors (Lipinski definition) is 1. The van der Waals surface area contributed by atoms with Gasteiger partial charge >= 0.3 is 5.97 Å². The highest BCUT2D eigenvalue weighted by molar-refractivity contribution is 5.82. The Morgan fingerprint density at radius 3 is 2.21 bits per heavy atom. The minimum absolute atomic E-state index is 0.338. The van der Waals surface area contributed by atoms with E-state index < -0.39 is 11.3 Å². The van der Waals surface area contributed by atoms with Crippen molar-refractivity contribution in [3.8, 4) is 0 Å². The third-order valence-corrected chi connectivity index (χ3v) is 2.60. The zero-order valence-electron chi connectivity index (χ0n) is 8.83. The molecule has 0 saturated heterocycles. The molecule has 1 rings (SSSR count). The van der Waals surface area contributed by atoms with E-state index in [1.165, 1.54) is 14.2 Å². The molecule has 0 aliphatic heterocycles. The first-order valence-corrected chi connectivity index (χ1v) is 4.58. The summed E-state index contributed by atoms with van der Waals surface area (Å²) in [4.78, 5) is 11.4. The molecule has 0 spiro atoms. The van der Waals surface area contributed by atoms with Crippen LogP contribution < -0.4 is 5.73 Å². The lowest BCUT2D eigenvalue weighted by Crippen LogP contribution is -2.68. The SMILES string of the molecule is CCOC(=O)C1(N)CC(OC)(OC)C1. The number of methoxy groups -OCH3 is 2. The number of nitrogens with two attached hydrogens (primary N) is 1. The Bertz CT molecular complexity index is 217. The maximum Gasteiger partial charge on any atom is 0.326 e. The highest BCUT2D eigenvalue weighted by Gasteiger charge is 2.59. The van der Waals surface area contributed by atoms with Crippen LogP contribution in [0, 0.1) is 0 Å². The Hall–Kier alpha value is -0.650. The van der Waals surface area contributed by atoms with Gasteiger partial charge in [0, 0.05) is 27.1 Å². The molecule has 5 heteroatoms. The lowest BCUT2D eigenvalue weighted by Gasteiger charge is -2.49. The van der Waals surface area contributed by atoms with Crippen molar-refractivity contribution in [3.05, 3.63) is 0 Å². The molecule has 0 aromatic heterocycles. The Kier molecular flexibility index (Phi) is 3.14. The summed E-state index contributed by atoms with van der Waals surface area (Å²) in [5.74, 6) is -1.09. The van der Waals surface area contributed by atoms with Crippen LogP contribution in [0.2, 0.25) is 0 Å². The Balaban J connectivity index is 2.55. The van der Waals surface area contributed by atoms with Gasteiger partial charge in [-0.3, -0.25) is 4.79 Å². The fourth-order valence-electron chi connectivity index (χ4n) is 1.70. The molecule has 14 heavy (non-hydrogen) atoms. The lowest BCUT2D eigenvalue weighted by atomic mass is 9.72. The van der Waals surface area contributed by atoms with Crippen molar-refractivity contribution < 1.29 is 19.0 Å². The van der Waals surface area contributed by atoms with Gasteiger partial charge in [0.2, 0.25) is 0 Å². The van der Waals surface area contributed by atoms with Gasteiger partial charge in [-0.05, 0) is 6.92 Å². The average molecular weight is 203 g/mol. The van der Waals surface area contributed by atoms with E-state index in [2.05, 4.69) is 0 Å².